The first-order valence-corrected chi connectivity index (χ1v) is 9.25. The third-order valence-corrected chi connectivity index (χ3v) is 4.69. The summed E-state index contributed by atoms with van der Waals surface area (Å²) < 4.78 is 25.2. The maximum absolute atomic E-state index is 11.4. The van der Waals surface area contributed by atoms with Crippen molar-refractivity contribution in [3.05, 3.63) is 0 Å². The second-order valence-electron chi connectivity index (χ2n) is 5.00. The Morgan fingerprint density at radius 1 is 0.722 bits per heavy atom. The third-order valence-electron chi connectivity index (χ3n) is 3.13. The van der Waals surface area contributed by atoms with Crippen LogP contribution < -0.4 is 4.72 Å². The van der Waals surface area contributed by atoms with E-state index in [2.05, 4.69) is 11.6 Å². The summed E-state index contributed by atoms with van der Waals surface area (Å²) in [6.45, 7) is 4.55. The van der Waals surface area contributed by atoms with Crippen molar-refractivity contribution in [2.24, 2.45) is 0 Å². The van der Waals surface area contributed by atoms with Crippen LogP contribution in [0.4, 0.5) is 0 Å². The molecule has 0 bridgehead atoms. The Morgan fingerprint density at radius 2 is 1.17 bits per heavy atom. The molecule has 18 heavy (non-hydrogen) atoms. The van der Waals surface area contributed by atoms with Crippen molar-refractivity contribution >= 4 is 10.0 Å². The van der Waals surface area contributed by atoms with E-state index in [1.54, 1.807) is 0 Å². The SMILES string of the molecule is CCCCCCCCCCCCS(=O)(=O)NCC. The van der Waals surface area contributed by atoms with Crippen molar-refractivity contribution in [3.8, 4) is 0 Å². The van der Waals surface area contributed by atoms with Gasteiger partial charge in [0, 0.05) is 6.54 Å². The smallest absolute Gasteiger partial charge is 0.211 e. The van der Waals surface area contributed by atoms with Crippen LogP contribution >= 0.6 is 0 Å². The molecule has 3 nitrogen and oxygen atoms in total. The molecular weight excluding hydrogens is 246 g/mol. The van der Waals surface area contributed by atoms with Gasteiger partial charge in [-0.2, -0.15) is 0 Å². The first kappa shape index (κ1) is 17.9. The molecule has 0 aromatic heterocycles. The van der Waals surface area contributed by atoms with E-state index >= 15 is 0 Å². The summed E-state index contributed by atoms with van der Waals surface area (Å²) in [7, 11) is -2.99. The second-order valence-corrected chi connectivity index (χ2v) is 6.93. The van der Waals surface area contributed by atoms with Gasteiger partial charge in [-0.25, -0.2) is 13.1 Å². The van der Waals surface area contributed by atoms with E-state index in [4.69, 9.17) is 0 Å². The zero-order valence-corrected chi connectivity index (χ0v) is 13.0. The standard InChI is InChI=1S/C14H31NO2S/c1-3-5-6-7-8-9-10-11-12-13-14-18(16,17)15-4-2/h15H,3-14H2,1-2H3. The van der Waals surface area contributed by atoms with E-state index in [1.165, 1.54) is 51.4 Å². The number of hydrogen-bond acceptors (Lipinski definition) is 2. The summed E-state index contributed by atoms with van der Waals surface area (Å²) in [5.41, 5.74) is 0. The molecule has 0 spiro atoms. The molecular formula is C14H31NO2S. The maximum Gasteiger partial charge on any atom is 0.211 e. The Bertz CT molecular complexity index is 263. The highest BCUT2D eigenvalue weighted by Gasteiger charge is 2.06. The van der Waals surface area contributed by atoms with Crippen LogP contribution in [0.2, 0.25) is 0 Å². The molecule has 0 radical (unpaired) electrons. The fourth-order valence-electron chi connectivity index (χ4n) is 2.07. The summed E-state index contributed by atoms with van der Waals surface area (Å²) in [5.74, 6) is 0.289. The van der Waals surface area contributed by atoms with Gasteiger partial charge in [0.2, 0.25) is 10.0 Å². The zero-order chi connectivity index (χ0) is 13.7. The molecule has 0 heterocycles. The number of sulfonamides is 1. The Balaban J connectivity index is 3.21. The molecule has 0 unspecified atom stereocenters. The highest BCUT2D eigenvalue weighted by molar-refractivity contribution is 7.89. The average Bonchev–Trinajstić information content (AvgIpc) is 2.31. The molecule has 0 atom stereocenters. The molecule has 1 N–H and O–H groups in total. The Hall–Kier alpha value is -0.0900. The van der Waals surface area contributed by atoms with Gasteiger partial charge in [-0.1, -0.05) is 71.6 Å². The van der Waals surface area contributed by atoms with E-state index in [-0.39, 0.29) is 5.75 Å². The van der Waals surface area contributed by atoms with Crippen LogP contribution in [-0.2, 0) is 10.0 Å². The van der Waals surface area contributed by atoms with Crippen LogP contribution in [0.15, 0.2) is 0 Å². The van der Waals surface area contributed by atoms with Gasteiger partial charge in [-0.3, -0.25) is 0 Å². The van der Waals surface area contributed by atoms with E-state index < -0.39 is 10.0 Å². The van der Waals surface area contributed by atoms with Crippen LogP contribution in [-0.4, -0.2) is 20.7 Å². The number of unbranched alkanes of at least 4 members (excludes halogenated alkanes) is 9. The van der Waals surface area contributed by atoms with Crippen LogP contribution in [0.5, 0.6) is 0 Å². The van der Waals surface area contributed by atoms with E-state index in [0.717, 1.165) is 12.8 Å². The van der Waals surface area contributed by atoms with Crippen LogP contribution in [0.25, 0.3) is 0 Å². The summed E-state index contributed by atoms with van der Waals surface area (Å²) in [6, 6.07) is 0. The van der Waals surface area contributed by atoms with Crippen molar-refractivity contribution in [2.75, 3.05) is 12.3 Å². The minimum Gasteiger partial charge on any atom is -0.216 e. The lowest BCUT2D eigenvalue weighted by molar-refractivity contribution is 0.555. The van der Waals surface area contributed by atoms with Gasteiger partial charge in [0.15, 0.2) is 0 Å². The topological polar surface area (TPSA) is 46.2 Å². The molecule has 0 fully saturated rings. The molecule has 0 aliphatic rings. The van der Waals surface area contributed by atoms with E-state index in [9.17, 15) is 8.42 Å². The molecule has 0 saturated heterocycles. The molecule has 0 saturated carbocycles. The lowest BCUT2D eigenvalue weighted by Crippen LogP contribution is -2.25. The molecule has 0 rings (SSSR count). The van der Waals surface area contributed by atoms with Crippen molar-refractivity contribution < 1.29 is 8.42 Å². The highest BCUT2D eigenvalue weighted by Crippen LogP contribution is 2.10. The summed E-state index contributed by atoms with van der Waals surface area (Å²) in [4.78, 5) is 0. The van der Waals surface area contributed by atoms with Crippen molar-refractivity contribution in [2.45, 2.75) is 78.1 Å². The highest BCUT2D eigenvalue weighted by atomic mass is 32.2. The Labute approximate surface area is 114 Å². The summed E-state index contributed by atoms with van der Waals surface area (Å²) >= 11 is 0. The average molecular weight is 277 g/mol. The summed E-state index contributed by atoms with van der Waals surface area (Å²) in [6.07, 6.45) is 12.3. The minimum absolute atomic E-state index is 0.289. The largest absolute Gasteiger partial charge is 0.216 e. The molecule has 110 valence electrons. The van der Waals surface area contributed by atoms with Crippen LogP contribution in [0.1, 0.15) is 78.1 Å². The van der Waals surface area contributed by atoms with Gasteiger partial charge in [0.25, 0.3) is 0 Å². The van der Waals surface area contributed by atoms with Crippen LogP contribution in [0, 0.1) is 0 Å². The van der Waals surface area contributed by atoms with Gasteiger partial charge >= 0.3 is 0 Å². The van der Waals surface area contributed by atoms with Crippen molar-refractivity contribution in [1.82, 2.24) is 4.72 Å². The van der Waals surface area contributed by atoms with Gasteiger partial charge in [0.1, 0.15) is 0 Å². The summed E-state index contributed by atoms with van der Waals surface area (Å²) in [5, 5.41) is 0. The normalized spacial score (nSPS) is 11.9. The fraction of sp³-hybridized carbons (Fsp3) is 1.00. The first-order valence-electron chi connectivity index (χ1n) is 7.59. The van der Waals surface area contributed by atoms with Crippen LogP contribution in [0.3, 0.4) is 0 Å². The van der Waals surface area contributed by atoms with E-state index in [1.807, 2.05) is 6.92 Å². The lowest BCUT2D eigenvalue weighted by atomic mass is 10.1. The zero-order valence-electron chi connectivity index (χ0n) is 12.2. The predicted molar refractivity (Wildman–Crippen MR) is 79.3 cm³/mol. The van der Waals surface area contributed by atoms with Crippen molar-refractivity contribution in [1.29, 1.82) is 0 Å². The van der Waals surface area contributed by atoms with Gasteiger partial charge in [-0.05, 0) is 6.42 Å². The molecule has 0 amide bonds. The molecule has 0 aromatic carbocycles. The maximum atomic E-state index is 11.4. The number of hydrogen-bond donors (Lipinski definition) is 1. The van der Waals surface area contributed by atoms with Gasteiger partial charge in [0.05, 0.1) is 5.75 Å². The monoisotopic (exact) mass is 277 g/mol. The molecule has 0 aromatic rings. The van der Waals surface area contributed by atoms with Gasteiger partial charge in [-0.15, -0.1) is 0 Å². The Kier molecular flexibility index (Phi) is 11.9. The molecule has 4 heteroatoms. The number of rotatable bonds is 13. The quantitative estimate of drug-likeness (QED) is 0.520. The fourth-order valence-corrected chi connectivity index (χ4v) is 3.24. The molecule has 0 aliphatic heterocycles. The van der Waals surface area contributed by atoms with E-state index in [0.29, 0.717) is 6.54 Å². The Morgan fingerprint density at radius 3 is 1.61 bits per heavy atom. The minimum atomic E-state index is -2.99. The number of nitrogens with one attached hydrogen (secondary N) is 1. The van der Waals surface area contributed by atoms with Crippen molar-refractivity contribution in [3.63, 3.8) is 0 Å². The first-order chi connectivity index (χ1) is 8.62. The predicted octanol–water partition coefficient (Wildman–Crippen LogP) is 3.85. The third kappa shape index (κ3) is 12.4. The van der Waals surface area contributed by atoms with Gasteiger partial charge < -0.3 is 0 Å². The second kappa shape index (κ2) is 12.0. The molecule has 0 aliphatic carbocycles. The lowest BCUT2D eigenvalue weighted by Gasteiger charge is -2.04.